The van der Waals surface area contributed by atoms with Gasteiger partial charge < -0.3 is 20.3 Å². The summed E-state index contributed by atoms with van der Waals surface area (Å²) in [6.07, 6.45) is 3.01. The van der Waals surface area contributed by atoms with Crippen molar-refractivity contribution in [2.24, 2.45) is 0 Å². The van der Waals surface area contributed by atoms with Crippen molar-refractivity contribution in [3.63, 3.8) is 0 Å². The topological polar surface area (TPSA) is 103 Å². The molecule has 0 saturated heterocycles. The number of carbonyl (C=O) groups excluding carboxylic acids is 1. The Morgan fingerprint density at radius 2 is 2.44 bits per heavy atom. The molecule has 2 aromatic heterocycles. The molecular formula is C11H12N4O3. The number of pyridine rings is 1. The van der Waals surface area contributed by atoms with Gasteiger partial charge in [-0.3, -0.25) is 0 Å². The molecular weight excluding hydrogens is 236 g/mol. The number of esters is 1. The van der Waals surface area contributed by atoms with Gasteiger partial charge in [0.15, 0.2) is 5.76 Å². The van der Waals surface area contributed by atoms with Gasteiger partial charge in [-0.2, -0.15) is 0 Å². The molecule has 0 aliphatic heterocycles. The highest BCUT2D eigenvalue weighted by atomic mass is 16.5. The zero-order chi connectivity index (χ0) is 13.0. The third kappa shape index (κ3) is 2.57. The second-order valence-corrected chi connectivity index (χ2v) is 3.48. The van der Waals surface area contributed by atoms with Crippen LogP contribution in [0.2, 0.25) is 0 Å². The highest BCUT2D eigenvalue weighted by molar-refractivity contribution is 5.96. The first kappa shape index (κ1) is 11.9. The van der Waals surface area contributed by atoms with Crippen molar-refractivity contribution in [3.05, 3.63) is 35.9 Å². The van der Waals surface area contributed by atoms with Gasteiger partial charge in [0.25, 0.3) is 0 Å². The maximum atomic E-state index is 11.6. The summed E-state index contributed by atoms with van der Waals surface area (Å²) in [4.78, 5) is 15.5. The summed E-state index contributed by atoms with van der Waals surface area (Å²) < 4.78 is 9.60. The largest absolute Gasteiger partial charge is 0.465 e. The Bertz CT molecular complexity index is 539. The lowest BCUT2D eigenvalue weighted by Gasteiger charge is -2.09. The van der Waals surface area contributed by atoms with Crippen LogP contribution in [0.1, 0.15) is 16.1 Å². The van der Waals surface area contributed by atoms with Crippen LogP contribution in [-0.4, -0.2) is 23.2 Å². The number of nitrogens with two attached hydrogens (primary N) is 1. The number of ether oxygens (including phenoxy) is 1. The van der Waals surface area contributed by atoms with Crippen LogP contribution < -0.4 is 11.1 Å². The van der Waals surface area contributed by atoms with Gasteiger partial charge in [-0.05, 0) is 6.07 Å². The van der Waals surface area contributed by atoms with Crippen molar-refractivity contribution < 1.29 is 14.1 Å². The third-order valence-corrected chi connectivity index (χ3v) is 2.27. The molecule has 3 N–H and O–H groups in total. The van der Waals surface area contributed by atoms with Crippen molar-refractivity contribution in [1.82, 2.24) is 10.1 Å². The average Bonchev–Trinajstić information content (AvgIpc) is 2.89. The fourth-order valence-corrected chi connectivity index (χ4v) is 1.41. The van der Waals surface area contributed by atoms with Crippen molar-refractivity contribution in [3.8, 4) is 0 Å². The summed E-state index contributed by atoms with van der Waals surface area (Å²) in [7, 11) is 1.30. The Hall–Kier alpha value is -2.57. The number of hydrogen-bond acceptors (Lipinski definition) is 7. The number of hydrogen-bond donors (Lipinski definition) is 2. The number of methoxy groups -OCH3 is 1. The molecule has 0 amide bonds. The quantitative estimate of drug-likeness (QED) is 0.779. The highest BCUT2D eigenvalue weighted by Crippen LogP contribution is 2.18. The Labute approximate surface area is 103 Å². The minimum atomic E-state index is -0.482. The average molecular weight is 248 g/mol. The molecule has 0 saturated carbocycles. The van der Waals surface area contributed by atoms with Crippen LogP contribution in [0.15, 0.2) is 29.0 Å². The smallest absolute Gasteiger partial charge is 0.340 e. The van der Waals surface area contributed by atoms with Gasteiger partial charge in [0, 0.05) is 6.07 Å². The zero-order valence-electron chi connectivity index (χ0n) is 9.71. The molecule has 0 aliphatic rings. The van der Waals surface area contributed by atoms with E-state index in [9.17, 15) is 4.79 Å². The van der Waals surface area contributed by atoms with E-state index in [4.69, 9.17) is 10.3 Å². The molecule has 18 heavy (non-hydrogen) atoms. The molecule has 0 aliphatic carbocycles. The lowest BCUT2D eigenvalue weighted by Crippen LogP contribution is -2.09. The minimum Gasteiger partial charge on any atom is -0.465 e. The molecule has 94 valence electrons. The van der Waals surface area contributed by atoms with Gasteiger partial charge in [-0.1, -0.05) is 5.16 Å². The number of anilines is 2. The van der Waals surface area contributed by atoms with E-state index >= 15 is 0 Å². The molecule has 7 heteroatoms. The van der Waals surface area contributed by atoms with Gasteiger partial charge in [0.2, 0.25) is 0 Å². The second-order valence-electron chi connectivity index (χ2n) is 3.48. The van der Waals surface area contributed by atoms with Crippen molar-refractivity contribution in [2.75, 3.05) is 18.2 Å². The fourth-order valence-electron chi connectivity index (χ4n) is 1.41. The standard InChI is InChI=1S/C11H12N4O3/c1-17-11(16)8-4-10(12)14-6-9(8)13-5-7-2-3-15-18-7/h2-4,6,13H,5H2,1H3,(H2,12,14). The molecule has 0 fully saturated rings. The summed E-state index contributed by atoms with van der Waals surface area (Å²) in [5.74, 6) is 0.410. The number of rotatable bonds is 4. The third-order valence-electron chi connectivity index (χ3n) is 2.27. The van der Waals surface area contributed by atoms with Gasteiger partial charge >= 0.3 is 5.97 Å². The summed E-state index contributed by atoms with van der Waals surface area (Å²) >= 11 is 0. The number of nitrogens with one attached hydrogen (secondary N) is 1. The number of nitrogens with zero attached hydrogens (tertiary/aromatic N) is 2. The zero-order valence-corrected chi connectivity index (χ0v) is 9.71. The van der Waals surface area contributed by atoms with Gasteiger partial charge in [-0.25, -0.2) is 9.78 Å². The monoisotopic (exact) mass is 248 g/mol. The molecule has 0 bridgehead atoms. The van der Waals surface area contributed by atoms with E-state index in [2.05, 4.69) is 20.2 Å². The van der Waals surface area contributed by atoms with E-state index in [1.54, 1.807) is 12.3 Å². The number of aromatic nitrogens is 2. The van der Waals surface area contributed by atoms with Gasteiger partial charge in [0.1, 0.15) is 5.82 Å². The molecule has 7 nitrogen and oxygen atoms in total. The van der Waals surface area contributed by atoms with Crippen LogP contribution in [0.4, 0.5) is 11.5 Å². The summed E-state index contributed by atoms with van der Waals surface area (Å²) in [6, 6.07) is 3.17. The second kappa shape index (κ2) is 5.17. The first-order valence-electron chi connectivity index (χ1n) is 5.18. The van der Waals surface area contributed by atoms with Crippen LogP contribution in [0.3, 0.4) is 0 Å². The Morgan fingerprint density at radius 3 is 3.11 bits per heavy atom. The van der Waals surface area contributed by atoms with E-state index in [1.807, 2.05) is 0 Å². The Balaban J connectivity index is 2.18. The Kier molecular flexibility index (Phi) is 3.42. The normalized spacial score (nSPS) is 10.1. The summed E-state index contributed by atoms with van der Waals surface area (Å²) in [5.41, 5.74) is 6.38. The van der Waals surface area contributed by atoms with Crippen molar-refractivity contribution >= 4 is 17.5 Å². The van der Waals surface area contributed by atoms with Crippen LogP contribution in [-0.2, 0) is 11.3 Å². The molecule has 0 atom stereocenters. The van der Waals surface area contributed by atoms with E-state index in [1.165, 1.54) is 19.4 Å². The van der Waals surface area contributed by atoms with E-state index in [0.717, 1.165) is 0 Å². The molecule has 0 radical (unpaired) electrons. The fraction of sp³-hybridized carbons (Fsp3) is 0.182. The van der Waals surface area contributed by atoms with Crippen LogP contribution >= 0.6 is 0 Å². The molecule has 2 rings (SSSR count). The van der Waals surface area contributed by atoms with Crippen LogP contribution in [0, 0.1) is 0 Å². The van der Waals surface area contributed by atoms with Crippen LogP contribution in [0.5, 0.6) is 0 Å². The van der Waals surface area contributed by atoms with Crippen molar-refractivity contribution in [2.45, 2.75) is 6.54 Å². The predicted molar refractivity (Wildman–Crippen MR) is 63.8 cm³/mol. The first-order valence-corrected chi connectivity index (χ1v) is 5.18. The number of carbonyl (C=O) groups is 1. The highest BCUT2D eigenvalue weighted by Gasteiger charge is 2.13. The predicted octanol–water partition coefficient (Wildman–Crippen LogP) is 1.05. The molecule has 2 heterocycles. The molecule has 0 unspecified atom stereocenters. The van der Waals surface area contributed by atoms with Crippen LogP contribution in [0.25, 0.3) is 0 Å². The molecule has 2 aromatic rings. The number of nitrogen functional groups attached to an aromatic ring is 1. The first-order chi connectivity index (χ1) is 8.70. The van der Waals surface area contributed by atoms with Crippen molar-refractivity contribution in [1.29, 1.82) is 0 Å². The van der Waals surface area contributed by atoms with Gasteiger partial charge in [0.05, 0.1) is 37.3 Å². The van der Waals surface area contributed by atoms with E-state index < -0.39 is 5.97 Å². The van der Waals surface area contributed by atoms with Gasteiger partial charge in [-0.15, -0.1) is 0 Å². The maximum absolute atomic E-state index is 11.6. The summed E-state index contributed by atoms with van der Waals surface area (Å²) in [6.45, 7) is 0.385. The van der Waals surface area contributed by atoms with E-state index in [-0.39, 0.29) is 5.82 Å². The summed E-state index contributed by atoms with van der Waals surface area (Å²) in [5, 5.41) is 6.59. The molecule has 0 aromatic carbocycles. The molecule has 0 spiro atoms. The maximum Gasteiger partial charge on any atom is 0.340 e. The Morgan fingerprint density at radius 1 is 1.61 bits per heavy atom. The lowest BCUT2D eigenvalue weighted by molar-refractivity contribution is 0.0601. The lowest BCUT2D eigenvalue weighted by atomic mass is 10.2. The SMILES string of the molecule is COC(=O)c1cc(N)ncc1NCc1ccno1. The minimum absolute atomic E-state index is 0.251. The van der Waals surface area contributed by atoms with E-state index in [0.29, 0.717) is 23.6 Å².